The summed E-state index contributed by atoms with van der Waals surface area (Å²) in [7, 11) is 0. The Bertz CT molecular complexity index is 1180. The van der Waals surface area contributed by atoms with Gasteiger partial charge in [-0.3, -0.25) is 19.3 Å². The molecule has 2 aromatic rings. The largest absolute Gasteiger partial charge is 0.490 e. The van der Waals surface area contributed by atoms with Crippen LogP contribution in [-0.4, -0.2) is 53.1 Å². The molecule has 7 nitrogen and oxygen atoms in total. The molecule has 0 spiro atoms. The van der Waals surface area contributed by atoms with Gasteiger partial charge in [0.2, 0.25) is 5.91 Å². The maximum absolute atomic E-state index is 14.0. The fourth-order valence-corrected chi connectivity index (χ4v) is 5.24. The second-order valence-corrected chi connectivity index (χ2v) is 9.85. The van der Waals surface area contributed by atoms with E-state index in [0.717, 1.165) is 29.5 Å². The molecule has 0 atom stereocenters. The van der Waals surface area contributed by atoms with E-state index in [1.165, 1.54) is 6.07 Å². The van der Waals surface area contributed by atoms with Crippen LogP contribution in [0.15, 0.2) is 45.8 Å². The molecule has 0 unspecified atom stereocenters. The van der Waals surface area contributed by atoms with Gasteiger partial charge in [0.1, 0.15) is 19.0 Å². The highest BCUT2D eigenvalue weighted by Gasteiger charge is 2.37. The average molecular weight is 563 g/mol. The number of benzene rings is 2. The van der Waals surface area contributed by atoms with Crippen LogP contribution < -0.4 is 9.47 Å². The van der Waals surface area contributed by atoms with Crippen molar-refractivity contribution < 1.29 is 28.2 Å². The number of hydrogen-bond donors (Lipinski definition) is 0. The van der Waals surface area contributed by atoms with E-state index >= 15 is 0 Å². The average Bonchev–Trinajstić information content (AvgIpc) is 3.45. The number of amides is 3. The van der Waals surface area contributed by atoms with Crippen molar-refractivity contribution in [3.63, 3.8) is 0 Å². The van der Waals surface area contributed by atoms with Gasteiger partial charge >= 0.3 is 0 Å². The zero-order chi connectivity index (χ0) is 24.9. The normalized spacial score (nSPS) is 16.9. The minimum Gasteiger partial charge on any atom is -0.490 e. The molecule has 0 aliphatic carbocycles. The lowest BCUT2D eigenvalue weighted by Gasteiger charge is -2.18. The fourth-order valence-electron chi connectivity index (χ4n) is 3.83. The second-order valence-electron chi connectivity index (χ2n) is 8.00. The van der Waals surface area contributed by atoms with Gasteiger partial charge in [-0.05, 0) is 77.3 Å². The standard InChI is InChI=1S/C25H24BrFN2O5S/c1-2-33-20-12-16(11-18(26)23(20)34-15-17-7-3-4-8-19(17)27)13-21-24(31)29(25(32)35-21)14-22(30)28-9-5-6-10-28/h3-4,7-8,11-13H,2,5-6,9-10,14-15H2,1H3/b21-13-. The summed E-state index contributed by atoms with van der Waals surface area (Å²) in [5.74, 6) is -0.271. The smallest absolute Gasteiger partial charge is 0.294 e. The lowest BCUT2D eigenvalue weighted by atomic mass is 10.1. The summed E-state index contributed by atoms with van der Waals surface area (Å²) in [5, 5.41) is -0.470. The monoisotopic (exact) mass is 562 g/mol. The minimum atomic E-state index is -0.499. The lowest BCUT2D eigenvalue weighted by Crippen LogP contribution is -2.40. The molecule has 0 bridgehead atoms. The third kappa shape index (κ3) is 5.87. The fraction of sp³-hybridized carbons (Fsp3) is 0.320. The van der Waals surface area contributed by atoms with E-state index in [0.29, 0.717) is 46.8 Å². The van der Waals surface area contributed by atoms with Crippen LogP contribution in [0.25, 0.3) is 6.08 Å². The Morgan fingerprint density at radius 3 is 2.63 bits per heavy atom. The Balaban J connectivity index is 1.52. The maximum atomic E-state index is 14.0. The van der Waals surface area contributed by atoms with E-state index in [1.54, 1.807) is 41.3 Å². The maximum Gasteiger partial charge on any atom is 0.294 e. The van der Waals surface area contributed by atoms with Crippen LogP contribution in [0.5, 0.6) is 11.5 Å². The van der Waals surface area contributed by atoms with Gasteiger partial charge in [0, 0.05) is 18.7 Å². The highest BCUT2D eigenvalue weighted by atomic mass is 79.9. The van der Waals surface area contributed by atoms with Crippen molar-refractivity contribution in [2.45, 2.75) is 26.4 Å². The highest BCUT2D eigenvalue weighted by Crippen LogP contribution is 2.40. The molecule has 2 aliphatic heterocycles. The number of thioether (sulfide) groups is 1. The quantitative estimate of drug-likeness (QED) is 0.410. The van der Waals surface area contributed by atoms with Crippen molar-refractivity contribution in [3.8, 4) is 11.5 Å². The summed E-state index contributed by atoms with van der Waals surface area (Å²) < 4.78 is 26.1. The van der Waals surface area contributed by atoms with Gasteiger partial charge in [-0.25, -0.2) is 4.39 Å². The molecule has 35 heavy (non-hydrogen) atoms. The van der Waals surface area contributed by atoms with Crippen molar-refractivity contribution >= 4 is 50.8 Å². The Morgan fingerprint density at radius 1 is 1.17 bits per heavy atom. The molecule has 2 heterocycles. The molecule has 3 amide bonds. The van der Waals surface area contributed by atoms with E-state index in [9.17, 15) is 18.8 Å². The van der Waals surface area contributed by atoms with Crippen LogP contribution in [-0.2, 0) is 16.2 Å². The molecule has 184 valence electrons. The molecule has 2 fully saturated rings. The van der Waals surface area contributed by atoms with Crippen molar-refractivity contribution in [1.82, 2.24) is 9.80 Å². The first-order valence-corrected chi connectivity index (χ1v) is 12.8. The molecule has 0 N–H and O–H groups in total. The molecule has 10 heteroatoms. The zero-order valence-electron chi connectivity index (χ0n) is 19.1. The summed E-state index contributed by atoms with van der Waals surface area (Å²) in [6.45, 7) is 3.26. The topological polar surface area (TPSA) is 76.2 Å². The van der Waals surface area contributed by atoms with Gasteiger partial charge in [-0.1, -0.05) is 18.2 Å². The van der Waals surface area contributed by atoms with Crippen molar-refractivity contribution in [2.75, 3.05) is 26.2 Å². The number of imide groups is 1. The van der Waals surface area contributed by atoms with Crippen molar-refractivity contribution in [2.24, 2.45) is 0 Å². The number of halogens is 2. The van der Waals surface area contributed by atoms with Crippen LogP contribution in [0.4, 0.5) is 9.18 Å². The first-order chi connectivity index (χ1) is 16.9. The van der Waals surface area contributed by atoms with Gasteiger partial charge in [-0.15, -0.1) is 0 Å². The van der Waals surface area contributed by atoms with Gasteiger partial charge < -0.3 is 14.4 Å². The summed E-state index contributed by atoms with van der Waals surface area (Å²) >= 11 is 4.27. The number of rotatable bonds is 8. The van der Waals surface area contributed by atoms with E-state index in [-0.39, 0.29) is 29.8 Å². The van der Waals surface area contributed by atoms with Crippen LogP contribution >= 0.6 is 27.7 Å². The van der Waals surface area contributed by atoms with Crippen LogP contribution in [0.2, 0.25) is 0 Å². The predicted octanol–water partition coefficient (Wildman–Crippen LogP) is 5.22. The molecule has 0 saturated carbocycles. The number of carbonyl (C=O) groups is 3. The first-order valence-electron chi connectivity index (χ1n) is 11.2. The molecule has 0 radical (unpaired) electrons. The van der Waals surface area contributed by atoms with Crippen molar-refractivity contribution in [1.29, 1.82) is 0 Å². The van der Waals surface area contributed by atoms with Crippen LogP contribution in [0.1, 0.15) is 30.9 Å². The number of ether oxygens (including phenoxy) is 2. The van der Waals surface area contributed by atoms with Crippen molar-refractivity contribution in [3.05, 3.63) is 62.7 Å². The second kappa shape index (κ2) is 11.3. The Labute approximate surface area is 215 Å². The van der Waals surface area contributed by atoms with E-state index in [2.05, 4.69) is 15.9 Å². The van der Waals surface area contributed by atoms with Crippen LogP contribution in [0, 0.1) is 5.82 Å². The molecular weight excluding hydrogens is 539 g/mol. The third-order valence-electron chi connectivity index (χ3n) is 5.59. The van der Waals surface area contributed by atoms with Crippen LogP contribution in [0.3, 0.4) is 0 Å². The predicted molar refractivity (Wildman–Crippen MR) is 135 cm³/mol. The molecular formula is C25H24BrFN2O5S. The SMILES string of the molecule is CCOc1cc(/C=C2\SC(=O)N(CC(=O)N3CCCC3)C2=O)cc(Br)c1OCc1ccccc1F. The van der Waals surface area contributed by atoms with Gasteiger partial charge in [0.25, 0.3) is 11.1 Å². The lowest BCUT2D eigenvalue weighted by molar-refractivity contribution is -0.135. The van der Waals surface area contributed by atoms with E-state index in [1.807, 2.05) is 6.92 Å². The third-order valence-corrected chi connectivity index (χ3v) is 7.08. The Morgan fingerprint density at radius 2 is 1.91 bits per heavy atom. The molecule has 2 aliphatic rings. The Hall–Kier alpha value is -2.85. The summed E-state index contributed by atoms with van der Waals surface area (Å²) in [4.78, 5) is 40.6. The van der Waals surface area contributed by atoms with Gasteiger partial charge in [0.05, 0.1) is 16.0 Å². The molecule has 4 rings (SSSR count). The zero-order valence-corrected chi connectivity index (χ0v) is 21.5. The number of likely N-dealkylation sites (tertiary alicyclic amines) is 1. The first kappa shape index (κ1) is 25.2. The molecule has 2 aromatic carbocycles. The van der Waals surface area contributed by atoms with E-state index in [4.69, 9.17) is 9.47 Å². The number of hydrogen-bond acceptors (Lipinski definition) is 6. The Kier molecular flexibility index (Phi) is 8.12. The number of carbonyl (C=O) groups excluding carboxylic acids is 3. The highest BCUT2D eigenvalue weighted by molar-refractivity contribution is 9.10. The summed E-state index contributed by atoms with van der Waals surface area (Å²) in [5.41, 5.74) is 1.01. The van der Waals surface area contributed by atoms with Gasteiger partial charge in [0.15, 0.2) is 11.5 Å². The molecule has 0 aromatic heterocycles. The molecule has 2 saturated heterocycles. The summed E-state index contributed by atoms with van der Waals surface area (Å²) in [6, 6.07) is 9.76. The van der Waals surface area contributed by atoms with Gasteiger partial charge in [-0.2, -0.15) is 0 Å². The number of nitrogens with zero attached hydrogens (tertiary/aromatic N) is 2. The minimum absolute atomic E-state index is 0.00856. The summed E-state index contributed by atoms with van der Waals surface area (Å²) in [6.07, 6.45) is 3.45. The van der Waals surface area contributed by atoms with E-state index < -0.39 is 11.1 Å².